The Morgan fingerprint density at radius 1 is 1.10 bits per heavy atom. The van der Waals surface area contributed by atoms with E-state index in [2.05, 4.69) is 15.1 Å². The van der Waals surface area contributed by atoms with Crippen molar-refractivity contribution < 1.29 is 18.8 Å². The zero-order valence-corrected chi connectivity index (χ0v) is 16.6. The lowest BCUT2D eigenvalue weighted by Gasteiger charge is -2.22. The molecule has 3 heterocycles. The lowest BCUT2D eigenvalue weighted by atomic mass is 10.1. The first-order valence-corrected chi connectivity index (χ1v) is 9.41. The van der Waals surface area contributed by atoms with E-state index >= 15 is 0 Å². The Hall–Kier alpha value is -3.42. The molecule has 0 saturated carbocycles. The van der Waals surface area contributed by atoms with Gasteiger partial charge in [-0.1, -0.05) is 35.0 Å². The highest BCUT2D eigenvalue weighted by atomic mass is 16.5. The van der Waals surface area contributed by atoms with E-state index in [1.54, 1.807) is 17.0 Å². The number of rotatable bonds is 5. The molecule has 0 bridgehead atoms. The Balaban J connectivity index is 1.60. The summed E-state index contributed by atoms with van der Waals surface area (Å²) in [6.07, 6.45) is 1.61. The molecule has 8 heteroatoms. The molecule has 1 unspecified atom stereocenters. The van der Waals surface area contributed by atoms with Crippen molar-refractivity contribution in [2.45, 2.75) is 25.8 Å². The number of nitrogens with zero attached hydrogens (tertiary/aromatic N) is 4. The molecule has 0 aliphatic carbocycles. The zero-order chi connectivity index (χ0) is 20.4. The van der Waals surface area contributed by atoms with Crippen LogP contribution in [0.25, 0.3) is 11.4 Å². The van der Waals surface area contributed by atoms with Crippen molar-refractivity contribution in [1.29, 1.82) is 0 Å². The lowest BCUT2D eigenvalue weighted by molar-refractivity contribution is 0.0705. The van der Waals surface area contributed by atoms with E-state index in [0.29, 0.717) is 29.7 Å². The monoisotopic (exact) mass is 394 g/mol. The van der Waals surface area contributed by atoms with Gasteiger partial charge in [-0.3, -0.25) is 4.79 Å². The number of pyridine rings is 1. The van der Waals surface area contributed by atoms with Crippen LogP contribution >= 0.6 is 0 Å². The highest BCUT2D eigenvalue weighted by Gasteiger charge is 2.36. The summed E-state index contributed by atoms with van der Waals surface area (Å²) in [5, 5.41) is 4.11. The Bertz CT molecular complexity index is 1020. The molecule has 3 aromatic rings. The average Bonchev–Trinajstić information content (AvgIpc) is 3.42. The minimum Gasteiger partial charge on any atom is -0.481 e. The van der Waals surface area contributed by atoms with Gasteiger partial charge < -0.3 is 18.9 Å². The van der Waals surface area contributed by atoms with Gasteiger partial charge in [-0.15, -0.1) is 0 Å². The number of aryl methyl sites for hydroxylation is 1. The Kier molecular flexibility index (Phi) is 5.16. The number of ether oxygens (including phenoxy) is 2. The van der Waals surface area contributed by atoms with Crippen LogP contribution in [0.2, 0.25) is 0 Å². The molecule has 150 valence electrons. The first-order chi connectivity index (χ1) is 14.1. The van der Waals surface area contributed by atoms with Gasteiger partial charge in [-0.25, -0.2) is 0 Å². The van der Waals surface area contributed by atoms with Crippen molar-refractivity contribution in [1.82, 2.24) is 20.0 Å². The maximum absolute atomic E-state index is 13.2. The number of carbonyl (C=O) groups is 1. The molecule has 0 spiro atoms. The van der Waals surface area contributed by atoms with Gasteiger partial charge in [-0.2, -0.15) is 9.97 Å². The van der Waals surface area contributed by atoms with E-state index in [1.165, 1.54) is 14.2 Å². The second-order valence-electron chi connectivity index (χ2n) is 6.89. The molecule has 2 aromatic heterocycles. The third-order valence-electron chi connectivity index (χ3n) is 5.02. The van der Waals surface area contributed by atoms with Gasteiger partial charge in [-0.05, 0) is 25.8 Å². The first-order valence-electron chi connectivity index (χ1n) is 9.41. The third-order valence-corrected chi connectivity index (χ3v) is 5.02. The molecule has 1 aliphatic heterocycles. The van der Waals surface area contributed by atoms with Gasteiger partial charge in [0.2, 0.25) is 23.5 Å². The van der Waals surface area contributed by atoms with Crippen LogP contribution in [-0.2, 0) is 0 Å². The highest BCUT2D eigenvalue weighted by molar-refractivity contribution is 5.96. The number of methoxy groups -OCH3 is 2. The number of amides is 1. The number of aromatic nitrogens is 3. The number of likely N-dealkylation sites (tertiary alicyclic amines) is 1. The first kappa shape index (κ1) is 18.9. The molecule has 1 atom stereocenters. The molecule has 1 fully saturated rings. The van der Waals surface area contributed by atoms with Crippen LogP contribution in [0.1, 0.15) is 40.7 Å². The zero-order valence-electron chi connectivity index (χ0n) is 16.6. The fourth-order valence-electron chi connectivity index (χ4n) is 3.47. The maximum atomic E-state index is 13.2. The van der Waals surface area contributed by atoms with Crippen LogP contribution in [-0.4, -0.2) is 46.7 Å². The summed E-state index contributed by atoms with van der Waals surface area (Å²) < 4.78 is 15.9. The molecular weight excluding hydrogens is 372 g/mol. The van der Waals surface area contributed by atoms with E-state index in [1.807, 2.05) is 31.2 Å². The standard InChI is InChI=1S/C21H22N4O4/c1-13-6-8-14(9-7-13)18-23-20(29-24-18)16-5-4-12-25(16)21(26)15-10-11-17(27-2)22-19(15)28-3/h6-11,16H,4-5,12H2,1-3H3. The number of hydrogen-bond acceptors (Lipinski definition) is 7. The average molecular weight is 394 g/mol. The van der Waals surface area contributed by atoms with Gasteiger partial charge >= 0.3 is 0 Å². The van der Waals surface area contributed by atoms with Crippen LogP contribution in [0, 0.1) is 6.92 Å². The molecule has 1 aromatic carbocycles. The van der Waals surface area contributed by atoms with Crippen LogP contribution in [0.15, 0.2) is 40.9 Å². The summed E-state index contributed by atoms with van der Waals surface area (Å²) in [4.78, 5) is 23.7. The lowest BCUT2D eigenvalue weighted by Crippen LogP contribution is -2.31. The summed E-state index contributed by atoms with van der Waals surface area (Å²) in [7, 11) is 2.99. The number of hydrogen-bond donors (Lipinski definition) is 0. The van der Waals surface area contributed by atoms with E-state index in [4.69, 9.17) is 14.0 Å². The third kappa shape index (κ3) is 3.65. The second-order valence-corrected chi connectivity index (χ2v) is 6.89. The predicted molar refractivity (Wildman–Crippen MR) is 105 cm³/mol. The molecule has 4 rings (SSSR count). The van der Waals surface area contributed by atoms with Gasteiger partial charge in [0.15, 0.2) is 0 Å². The Morgan fingerprint density at radius 2 is 1.90 bits per heavy atom. The summed E-state index contributed by atoms with van der Waals surface area (Å²) in [6.45, 7) is 2.62. The molecule has 1 saturated heterocycles. The van der Waals surface area contributed by atoms with Crippen LogP contribution < -0.4 is 9.47 Å². The van der Waals surface area contributed by atoms with Gasteiger partial charge in [0.05, 0.1) is 14.2 Å². The van der Waals surface area contributed by atoms with E-state index in [9.17, 15) is 4.79 Å². The number of carbonyl (C=O) groups excluding carboxylic acids is 1. The fraction of sp³-hybridized carbons (Fsp3) is 0.333. The van der Waals surface area contributed by atoms with Crippen LogP contribution in [0.5, 0.6) is 11.8 Å². The number of benzene rings is 1. The molecule has 29 heavy (non-hydrogen) atoms. The Morgan fingerprint density at radius 3 is 2.62 bits per heavy atom. The van der Waals surface area contributed by atoms with Gasteiger partial charge in [0.25, 0.3) is 5.91 Å². The van der Waals surface area contributed by atoms with Crippen LogP contribution in [0.3, 0.4) is 0 Å². The topological polar surface area (TPSA) is 90.6 Å². The van der Waals surface area contributed by atoms with Crippen molar-refractivity contribution in [2.24, 2.45) is 0 Å². The smallest absolute Gasteiger partial charge is 0.260 e. The van der Waals surface area contributed by atoms with Crippen molar-refractivity contribution in [2.75, 3.05) is 20.8 Å². The fourth-order valence-corrected chi connectivity index (χ4v) is 3.47. The summed E-state index contributed by atoms with van der Waals surface area (Å²) >= 11 is 0. The summed E-state index contributed by atoms with van der Waals surface area (Å²) in [6, 6.07) is 10.9. The largest absolute Gasteiger partial charge is 0.481 e. The van der Waals surface area contributed by atoms with Gasteiger partial charge in [0.1, 0.15) is 11.6 Å². The molecular formula is C21H22N4O4. The highest BCUT2D eigenvalue weighted by Crippen LogP contribution is 2.34. The molecule has 1 amide bonds. The minimum atomic E-state index is -0.277. The van der Waals surface area contributed by atoms with E-state index in [0.717, 1.165) is 24.0 Å². The van der Waals surface area contributed by atoms with E-state index in [-0.39, 0.29) is 17.8 Å². The molecule has 0 N–H and O–H groups in total. The maximum Gasteiger partial charge on any atom is 0.260 e. The van der Waals surface area contributed by atoms with Crippen LogP contribution in [0.4, 0.5) is 0 Å². The molecule has 0 radical (unpaired) electrons. The Labute approximate surface area is 168 Å². The van der Waals surface area contributed by atoms with Crippen molar-refractivity contribution in [3.8, 4) is 23.1 Å². The predicted octanol–water partition coefficient (Wildman–Crippen LogP) is 3.43. The summed E-state index contributed by atoms with van der Waals surface area (Å²) in [5.41, 5.74) is 2.41. The second kappa shape index (κ2) is 7.90. The minimum absolute atomic E-state index is 0.186. The normalized spacial score (nSPS) is 16.1. The molecule has 8 nitrogen and oxygen atoms in total. The quantitative estimate of drug-likeness (QED) is 0.655. The summed E-state index contributed by atoms with van der Waals surface area (Å²) in [5.74, 6) is 1.38. The van der Waals surface area contributed by atoms with Crippen molar-refractivity contribution in [3.05, 3.63) is 53.4 Å². The van der Waals surface area contributed by atoms with Crippen molar-refractivity contribution in [3.63, 3.8) is 0 Å². The van der Waals surface area contributed by atoms with Gasteiger partial charge in [0, 0.05) is 18.2 Å². The van der Waals surface area contributed by atoms with Crippen molar-refractivity contribution >= 4 is 5.91 Å². The molecule has 1 aliphatic rings. The van der Waals surface area contributed by atoms with E-state index < -0.39 is 0 Å². The SMILES string of the molecule is COc1ccc(C(=O)N2CCCC2c2nc(-c3ccc(C)cc3)no2)c(OC)n1.